The van der Waals surface area contributed by atoms with E-state index in [4.69, 9.17) is 4.74 Å². The average Bonchev–Trinajstić information content (AvgIpc) is 2.55. The Balaban J connectivity index is 1.72. The van der Waals surface area contributed by atoms with Gasteiger partial charge in [0.05, 0.1) is 18.5 Å². The largest absolute Gasteiger partial charge is 0.494 e. The van der Waals surface area contributed by atoms with Gasteiger partial charge in [-0.2, -0.15) is 0 Å². The van der Waals surface area contributed by atoms with Gasteiger partial charge in [-0.1, -0.05) is 18.2 Å². The number of ether oxygens (including phenoxy) is 1. The second-order valence-corrected chi connectivity index (χ2v) is 4.64. The molecule has 21 heavy (non-hydrogen) atoms. The third kappa shape index (κ3) is 3.14. The molecule has 0 atom stereocenters. The summed E-state index contributed by atoms with van der Waals surface area (Å²) in [6.45, 7) is 1.37. The second kappa shape index (κ2) is 6.28. The molecule has 106 valence electrons. The zero-order valence-electron chi connectivity index (χ0n) is 11.8. The maximum Gasteiger partial charge on any atom is 0.145 e. The lowest BCUT2D eigenvalue weighted by atomic mass is 10.2. The quantitative estimate of drug-likeness (QED) is 0.777. The maximum atomic E-state index is 5.36. The summed E-state index contributed by atoms with van der Waals surface area (Å²) in [4.78, 5) is 12.7. The standard InChI is InChI=1S/C16H16N4O/c1-21-15-4-2-3-12-5-6-14(20-16(12)15)10-18-9-13-7-8-17-11-19-13/h2-8,11,18H,9-10H2,1H3. The molecule has 5 nitrogen and oxygen atoms in total. The van der Waals surface area contributed by atoms with Crippen LogP contribution in [-0.2, 0) is 13.1 Å². The Morgan fingerprint density at radius 3 is 2.76 bits per heavy atom. The van der Waals surface area contributed by atoms with Gasteiger partial charge < -0.3 is 10.1 Å². The number of para-hydroxylation sites is 1. The van der Waals surface area contributed by atoms with Gasteiger partial charge in [0.25, 0.3) is 0 Å². The summed E-state index contributed by atoms with van der Waals surface area (Å²) in [7, 11) is 1.66. The van der Waals surface area contributed by atoms with E-state index in [0.717, 1.165) is 28.0 Å². The number of aromatic nitrogens is 3. The van der Waals surface area contributed by atoms with Crippen molar-refractivity contribution in [2.24, 2.45) is 0 Å². The molecule has 1 N–H and O–H groups in total. The van der Waals surface area contributed by atoms with Crippen molar-refractivity contribution in [1.29, 1.82) is 0 Å². The normalized spacial score (nSPS) is 10.7. The fourth-order valence-electron chi connectivity index (χ4n) is 2.16. The summed E-state index contributed by atoms with van der Waals surface area (Å²) in [5.74, 6) is 0.796. The zero-order valence-corrected chi connectivity index (χ0v) is 11.8. The summed E-state index contributed by atoms with van der Waals surface area (Å²) in [6, 6.07) is 11.9. The molecule has 2 heterocycles. The summed E-state index contributed by atoms with van der Waals surface area (Å²) in [5.41, 5.74) is 2.82. The van der Waals surface area contributed by atoms with E-state index in [-0.39, 0.29) is 0 Å². The van der Waals surface area contributed by atoms with Crippen LogP contribution in [0.5, 0.6) is 5.75 Å². The lowest BCUT2D eigenvalue weighted by Gasteiger charge is -2.07. The van der Waals surface area contributed by atoms with E-state index in [2.05, 4.69) is 26.3 Å². The first-order valence-electron chi connectivity index (χ1n) is 6.75. The molecule has 0 aliphatic heterocycles. The highest BCUT2D eigenvalue weighted by Gasteiger charge is 2.04. The van der Waals surface area contributed by atoms with Crippen LogP contribution in [0.25, 0.3) is 10.9 Å². The molecular formula is C16H16N4O. The van der Waals surface area contributed by atoms with E-state index >= 15 is 0 Å². The van der Waals surface area contributed by atoms with E-state index in [1.54, 1.807) is 19.6 Å². The zero-order chi connectivity index (χ0) is 14.5. The molecule has 0 amide bonds. The van der Waals surface area contributed by atoms with Crippen LogP contribution >= 0.6 is 0 Å². The molecule has 0 aliphatic carbocycles. The highest BCUT2D eigenvalue weighted by Crippen LogP contribution is 2.23. The molecular weight excluding hydrogens is 264 g/mol. The van der Waals surface area contributed by atoms with E-state index in [9.17, 15) is 0 Å². The summed E-state index contributed by atoms with van der Waals surface area (Å²) in [5, 5.41) is 4.40. The van der Waals surface area contributed by atoms with Crippen LogP contribution in [0, 0.1) is 0 Å². The minimum atomic E-state index is 0.679. The Bertz CT molecular complexity index is 731. The molecule has 0 fully saturated rings. The van der Waals surface area contributed by atoms with Crippen LogP contribution in [0.1, 0.15) is 11.4 Å². The summed E-state index contributed by atoms with van der Waals surface area (Å²) < 4.78 is 5.36. The molecule has 0 aliphatic rings. The van der Waals surface area contributed by atoms with Gasteiger partial charge in [0.15, 0.2) is 0 Å². The van der Waals surface area contributed by atoms with Crippen molar-refractivity contribution in [1.82, 2.24) is 20.3 Å². The van der Waals surface area contributed by atoms with Crippen molar-refractivity contribution < 1.29 is 4.74 Å². The molecule has 0 saturated carbocycles. The van der Waals surface area contributed by atoms with Gasteiger partial charge >= 0.3 is 0 Å². The van der Waals surface area contributed by atoms with E-state index in [1.807, 2.05) is 30.3 Å². The molecule has 1 aromatic carbocycles. The fraction of sp³-hybridized carbons (Fsp3) is 0.188. The van der Waals surface area contributed by atoms with Gasteiger partial charge in [0, 0.05) is 24.7 Å². The molecule has 0 saturated heterocycles. The van der Waals surface area contributed by atoms with Crippen LogP contribution in [0.15, 0.2) is 48.9 Å². The number of nitrogens with one attached hydrogen (secondary N) is 1. The molecule has 0 bridgehead atoms. The molecule has 5 heteroatoms. The first-order chi connectivity index (χ1) is 10.4. The Morgan fingerprint density at radius 2 is 1.95 bits per heavy atom. The molecule has 0 unspecified atom stereocenters. The number of hydrogen-bond acceptors (Lipinski definition) is 5. The molecule has 2 aromatic heterocycles. The van der Waals surface area contributed by atoms with Crippen LogP contribution in [0.2, 0.25) is 0 Å². The van der Waals surface area contributed by atoms with Gasteiger partial charge in [-0.05, 0) is 18.2 Å². The third-order valence-corrected chi connectivity index (χ3v) is 3.22. The second-order valence-electron chi connectivity index (χ2n) is 4.64. The lowest BCUT2D eigenvalue weighted by Crippen LogP contribution is -2.14. The van der Waals surface area contributed by atoms with Gasteiger partial charge in [-0.25, -0.2) is 15.0 Å². The number of nitrogens with zero attached hydrogens (tertiary/aromatic N) is 3. The van der Waals surface area contributed by atoms with Crippen LogP contribution in [-0.4, -0.2) is 22.1 Å². The molecule has 3 rings (SSSR count). The smallest absolute Gasteiger partial charge is 0.145 e. The predicted molar refractivity (Wildman–Crippen MR) is 80.9 cm³/mol. The van der Waals surface area contributed by atoms with Crippen molar-refractivity contribution >= 4 is 10.9 Å². The van der Waals surface area contributed by atoms with E-state index in [1.165, 1.54) is 0 Å². The Hall–Kier alpha value is -2.53. The number of pyridine rings is 1. The van der Waals surface area contributed by atoms with Crippen molar-refractivity contribution in [3.8, 4) is 5.75 Å². The predicted octanol–water partition coefficient (Wildman–Crippen LogP) is 2.32. The molecule has 0 spiro atoms. The van der Waals surface area contributed by atoms with E-state index in [0.29, 0.717) is 13.1 Å². The monoisotopic (exact) mass is 280 g/mol. The highest BCUT2D eigenvalue weighted by atomic mass is 16.5. The average molecular weight is 280 g/mol. The molecule has 3 aromatic rings. The highest BCUT2D eigenvalue weighted by molar-refractivity contribution is 5.84. The van der Waals surface area contributed by atoms with Crippen LogP contribution in [0.4, 0.5) is 0 Å². The van der Waals surface area contributed by atoms with Gasteiger partial charge in [-0.15, -0.1) is 0 Å². The Morgan fingerprint density at radius 1 is 1.05 bits per heavy atom. The van der Waals surface area contributed by atoms with Crippen molar-refractivity contribution in [2.75, 3.05) is 7.11 Å². The van der Waals surface area contributed by atoms with Gasteiger partial charge in [-0.3, -0.25) is 0 Å². The number of methoxy groups -OCH3 is 1. The number of hydrogen-bond donors (Lipinski definition) is 1. The summed E-state index contributed by atoms with van der Waals surface area (Å²) in [6.07, 6.45) is 3.29. The lowest BCUT2D eigenvalue weighted by molar-refractivity contribution is 0.418. The maximum absolute atomic E-state index is 5.36. The van der Waals surface area contributed by atoms with Crippen LogP contribution in [0.3, 0.4) is 0 Å². The number of benzene rings is 1. The summed E-state index contributed by atoms with van der Waals surface area (Å²) >= 11 is 0. The van der Waals surface area contributed by atoms with Crippen LogP contribution < -0.4 is 10.1 Å². The Kier molecular flexibility index (Phi) is 4.02. The van der Waals surface area contributed by atoms with Gasteiger partial charge in [0.2, 0.25) is 0 Å². The van der Waals surface area contributed by atoms with E-state index < -0.39 is 0 Å². The fourth-order valence-corrected chi connectivity index (χ4v) is 2.16. The topological polar surface area (TPSA) is 59.9 Å². The van der Waals surface area contributed by atoms with Crippen molar-refractivity contribution in [3.63, 3.8) is 0 Å². The SMILES string of the molecule is COc1cccc2ccc(CNCc3ccncn3)nc12. The number of fused-ring (bicyclic) bond motifs is 1. The minimum Gasteiger partial charge on any atom is -0.494 e. The first kappa shape index (κ1) is 13.5. The Labute approximate surface area is 123 Å². The number of rotatable bonds is 5. The molecule has 0 radical (unpaired) electrons. The van der Waals surface area contributed by atoms with Crippen molar-refractivity contribution in [3.05, 3.63) is 60.3 Å². The van der Waals surface area contributed by atoms with Crippen molar-refractivity contribution in [2.45, 2.75) is 13.1 Å². The minimum absolute atomic E-state index is 0.679. The first-order valence-corrected chi connectivity index (χ1v) is 6.75. The third-order valence-electron chi connectivity index (χ3n) is 3.22. The van der Waals surface area contributed by atoms with Gasteiger partial charge in [0.1, 0.15) is 17.6 Å².